The van der Waals surface area contributed by atoms with Crippen LogP contribution in [0.2, 0.25) is 0 Å². The van der Waals surface area contributed by atoms with E-state index in [1.54, 1.807) is 19.1 Å². The number of methoxy groups -OCH3 is 1. The fraction of sp³-hybridized carbons (Fsp3) is 0.417. The number of carboxylic acids is 1. The van der Waals surface area contributed by atoms with Crippen LogP contribution in [0.3, 0.4) is 0 Å². The third kappa shape index (κ3) is 4.22. The normalized spacial score (nSPS) is 12.9. The molecule has 7 heteroatoms. The highest BCUT2D eigenvalue weighted by atomic mass is 32.2. The highest BCUT2D eigenvalue weighted by molar-refractivity contribution is 7.91. The molecule has 0 saturated carbocycles. The highest BCUT2D eigenvalue weighted by Crippen LogP contribution is 2.15. The average molecular weight is 287 g/mol. The lowest BCUT2D eigenvalue weighted by Crippen LogP contribution is -2.30. The summed E-state index contributed by atoms with van der Waals surface area (Å²) in [6.45, 7) is 1.68. The first kappa shape index (κ1) is 15.5. The fourth-order valence-electron chi connectivity index (χ4n) is 1.43. The number of benzene rings is 1. The predicted molar refractivity (Wildman–Crippen MR) is 71.1 cm³/mol. The van der Waals surface area contributed by atoms with Gasteiger partial charge in [0, 0.05) is 12.8 Å². The Morgan fingerprint density at radius 1 is 1.37 bits per heavy atom. The van der Waals surface area contributed by atoms with Gasteiger partial charge in [-0.3, -0.25) is 0 Å². The summed E-state index contributed by atoms with van der Waals surface area (Å²) >= 11 is 0. The molecule has 0 aliphatic heterocycles. The van der Waals surface area contributed by atoms with Crippen LogP contribution in [0, 0.1) is 0 Å². The van der Waals surface area contributed by atoms with E-state index in [1.165, 1.54) is 19.2 Å². The second-order valence-corrected chi connectivity index (χ2v) is 6.15. The van der Waals surface area contributed by atoms with E-state index in [1.807, 2.05) is 0 Å². The van der Waals surface area contributed by atoms with Crippen molar-refractivity contribution >= 4 is 21.5 Å². The lowest BCUT2D eigenvalue weighted by Gasteiger charge is -2.12. The van der Waals surface area contributed by atoms with Crippen molar-refractivity contribution in [2.24, 2.45) is 0 Å². The topological polar surface area (TPSA) is 92.7 Å². The van der Waals surface area contributed by atoms with Crippen LogP contribution >= 0.6 is 0 Å². The number of ether oxygens (including phenoxy) is 1. The van der Waals surface area contributed by atoms with Gasteiger partial charge in [0.25, 0.3) is 0 Å². The van der Waals surface area contributed by atoms with Crippen LogP contribution in [0.1, 0.15) is 6.92 Å². The summed E-state index contributed by atoms with van der Waals surface area (Å²) in [5, 5.41) is 11.7. The van der Waals surface area contributed by atoms with Crippen LogP contribution in [0.15, 0.2) is 29.2 Å². The van der Waals surface area contributed by atoms with Gasteiger partial charge in [-0.2, -0.15) is 0 Å². The molecule has 2 N–H and O–H groups in total. The van der Waals surface area contributed by atoms with E-state index in [4.69, 9.17) is 9.84 Å². The highest BCUT2D eigenvalue weighted by Gasteiger charge is 2.16. The Morgan fingerprint density at radius 2 is 1.95 bits per heavy atom. The number of carbonyl (C=O) groups is 1. The van der Waals surface area contributed by atoms with Gasteiger partial charge in [0.15, 0.2) is 15.9 Å². The lowest BCUT2D eigenvalue weighted by molar-refractivity contribution is -0.147. The molecule has 0 saturated heterocycles. The number of nitrogens with one attached hydrogen (secondary N) is 1. The number of hydrogen-bond donors (Lipinski definition) is 2. The van der Waals surface area contributed by atoms with Crippen molar-refractivity contribution in [3.63, 3.8) is 0 Å². The van der Waals surface area contributed by atoms with Crippen molar-refractivity contribution < 1.29 is 23.1 Å². The van der Waals surface area contributed by atoms with Gasteiger partial charge in [0.05, 0.1) is 17.2 Å². The summed E-state index contributed by atoms with van der Waals surface area (Å²) in [6, 6.07) is 6.17. The zero-order valence-corrected chi connectivity index (χ0v) is 11.6. The molecule has 1 aromatic carbocycles. The Balaban J connectivity index is 2.70. The first-order valence-electron chi connectivity index (χ1n) is 5.73. The van der Waals surface area contributed by atoms with Crippen LogP contribution < -0.4 is 5.32 Å². The molecule has 0 spiro atoms. The van der Waals surface area contributed by atoms with Crippen molar-refractivity contribution in [1.29, 1.82) is 0 Å². The number of anilines is 1. The van der Waals surface area contributed by atoms with Gasteiger partial charge in [-0.25, -0.2) is 13.2 Å². The molecule has 0 amide bonds. The molecule has 0 radical (unpaired) electrons. The lowest BCUT2D eigenvalue weighted by atomic mass is 10.3. The van der Waals surface area contributed by atoms with Crippen molar-refractivity contribution in [2.45, 2.75) is 17.9 Å². The number of sulfone groups is 1. The van der Waals surface area contributed by atoms with Crippen LogP contribution in [0.4, 0.5) is 5.69 Å². The summed E-state index contributed by atoms with van der Waals surface area (Å²) in [6.07, 6.45) is -0.945. The average Bonchev–Trinajstić information content (AvgIpc) is 2.39. The van der Waals surface area contributed by atoms with E-state index in [0.717, 1.165) is 0 Å². The first-order valence-corrected chi connectivity index (χ1v) is 7.38. The minimum absolute atomic E-state index is 0.0462. The second-order valence-electron chi connectivity index (χ2n) is 3.87. The molecule has 0 heterocycles. The van der Waals surface area contributed by atoms with Crippen LogP contribution in [-0.4, -0.2) is 45.0 Å². The SMILES string of the molecule is CCS(=O)(=O)c1ccc(NCC(OC)C(=O)O)cc1. The first-order chi connectivity index (χ1) is 8.90. The van der Waals surface area contributed by atoms with Crippen molar-refractivity contribution in [3.05, 3.63) is 24.3 Å². The maximum absolute atomic E-state index is 11.6. The molecule has 6 nitrogen and oxygen atoms in total. The molecule has 1 atom stereocenters. The van der Waals surface area contributed by atoms with Crippen LogP contribution in [-0.2, 0) is 19.4 Å². The number of rotatable bonds is 7. The van der Waals surface area contributed by atoms with E-state index in [2.05, 4.69) is 5.32 Å². The third-order valence-electron chi connectivity index (χ3n) is 2.65. The summed E-state index contributed by atoms with van der Waals surface area (Å²) in [4.78, 5) is 11.0. The predicted octanol–water partition coefficient (Wildman–Crippen LogP) is 0.992. The molecule has 0 bridgehead atoms. The maximum Gasteiger partial charge on any atom is 0.334 e. The van der Waals surface area contributed by atoms with Gasteiger partial charge >= 0.3 is 5.97 Å². The molecule has 1 aromatic rings. The van der Waals surface area contributed by atoms with Gasteiger partial charge in [0.1, 0.15) is 0 Å². The standard InChI is InChI=1S/C12H17NO5S/c1-3-19(16,17)10-6-4-9(5-7-10)13-8-11(18-2)12(14)15/h4-7,11,13H,3,8H2,1-2H3,(H,14,15). The quantitative estimate of drug-likeness (QED) is 0.777. The monoisotopic (exact) mass is 287 g/mol. The molecule has 0 fully saturated rings. The molecule has 0 aliphatic rings. The molecule has 1 rings (SSSR count). The fourth-order valence-corrected chi connectivity index (χ4v) is 2.31. The molecular formula is C12H17NO5S. The van der Waals surface area contributed by atoms with E-state index in [-0.39, 0.29) is 17.2 Å². The van der Waals surface area contributed by atoms with E-state index < -0.39 is 21.9 Å². The molecule has 106 valence electrons. The molecule has 0 aliphatic carbocycles. The number of hydrogen-bond acceptors (Lipinski definition) is 5. The van der Waals surface area contributed by atoms with Crippen LogP contribution in [0.5, 0.6) is 0 Å². The molecule has 0 aromatic heterocycles. The minimum Gasteiger partial charge on any atom is -0.479 e. The second kappa shape index (κ2) is 6.53. The summed E-state index contributed by atoms with van der Waals surface area (Å²) in [5.41, 5.74) is 0.637. The Hall–Kier alpha value is -1.60. The van der Waals surface area contributed by atoms with Crippen molar-refractivity contribution in [2.75, 3.05) is 24.7 Å². The smallest absolute Gasteiger partial charge is 0.334 e. The Labute approximate surface area is 112 Å². The van der Waals surface area contributed by atoms with Crippen LogP contribution in [0.25, 0.3) is 0 Å². The van der Waals surface area contributed by atoms with Gasteiger partial charge in [-0.05, 0) is 24.3 Å². The Morgan fingerprint density at radius 3 is 2.37 bits per heavy atom. The Bertz CT molecular complexity index is 524. The van der Waals surface area contributed by atoms with Crippen molar-refractivity contribution in [3.8, 4) is 0 Å². The summed E-state index contributed by atoms with van der Waals surface area (Å²) in [5.74, 6) is -1.01. The third-order valence-corrected chi connectivity index (χ3v) is 4.40. The van der Waals surface area contributed by atoms with Crippen molar-refractivity contribution in [1.82, 2.24) is 0 Å². The minimum atomic E-state index is -3.21. The maximum atomic E-state index is 11.6. The number of carboxylic acid groups (broad SMARTS) is 1. The molecule has 1 unspecified atom stereocenters. The molecular weight excluding hydrogens is 270 g/mol. The summed E-state index contributed by atoms with van der Waals surface area (Å²) in [7, 11) is -1.89. The van der Waals surface area contributed by atoms with Gasteiger partial charge < -0.3 is 15.2 Å². The van der Waals surface area contributed by atoms with E-state index >= 15 is 0 Å². The van der Waals surface area contributed by atoms with E-state index in [0.29, 0.717) is 5.69 Å². The number of aliphatic carboxylic acids is 1. The van der Waals surface area contributed by atoms with Gasteiger partial charge in [-0.15, -0.1) is 0 Å². The summed E-state index contributed by atoms with van der Waals surface area (Å²) < 4.78 is 28.0. The van der Waals surface area contributed by atoms with Gasteiger partial charge in [-0.1, -0.05) is 6.92 Å². The Kier molecular flexibility index (Phi) is 5.31. The molecule has 19 heavy (non-hydrogen) atoms. The van der Waals surface area contributed by atoms with E-state index in [9.17, 15) is 13.2 Å². The largest absolute Gasteiger partial charge is 0.479 e. The zero-order chi connectivity index (χ0) is 14.5. The zero-order valence-electron chi connectivity index (χ0n) is 10.8. The van der Waals surface area contributed by atoms with Gasteiger partial charge in [0.2, 0.25) is 0 Å².